The van der Waals surface area contributed by atoms with E-state index in [1.165, 1.54) is 13.8 Å². The van der Waals surface area contributed by atoms with E-state index in [2.05, 4.69) is 10.6 Å². The number of rotatable bonds is 6. The topological polar surface area (TPSA) is 122 Å². The molecule has 2 aromatic rings. The highest BCUT2D eigenvalue weighted by atomic mass is 127. The second kappa shape index (κ2) is 10.7. The van der Waals surface area contributed by atoms with Crippen molar-refractivity contribution in [3.05, 3.63) is 52.2 Å². The number of hydrogen-bond donors (Lipinski definition) is 3. The number of carboxylic acids is 1. The second-order valence-corrected chi connectivity index (χ2v) is 9.20. The Morgan fingerprint density at radius 2 is 1.33 bits per heavy atom. The maximum Gasteiger partial charge on any atom is 0.349 e. The number of amides is 2. The van der Waals surface area contributed by atoms with Crippen LogP contribution >= 0.6 is 67.8 Å². The van der Waals surface area contributed by atoms with Gasteiger partial charge in [-0.25, -0.2) is 9.59 Å². The lowest BCUT2D eigenvalue weighted by atomic mass is 10.1. The van der Waals surface area contributed by atoms with Gasteiger partial charge in [0.15, 0.2) is 0 Å². The summed E-state index contributed by atoms with van der Waals surface area (Å²) < 4.78 is 6.60. The van der Waals surface area contributed by atoms with Crippen molar-refractivity contribution < 1.29 is 29.0 Å². The van der Waals surface area contributed by atoms with Crippen molar-refractivity contribution in [2.24, 2.45) is 0 Å². The van der Waals surface area contributed by atoms with Gasteiger partial charge < -0.3 is 20.5 Å². The van der Waals surface area contributed by atoms with Crippen molar-refractivity contribution in [3.8, 4) is 0 Å². The van der Waals surface area contributed by atoms with Crippen LogP contribution < -0.4 is 10.6 Å². The average molecular weight is 748 g/mol. The number of halogens is 3. The normalized spacial score (nSPS) is 11.4. The van der Waals surface area contributed by atoms with Crippen molar-refractivity contribution in [1.29, 1.82) is 0 Å². The monoisotopic (exact) mass is 748 g/mol. The summed E-state index contributed by atoms with van der Waals surface area (Å²) in [5, 5.41) is 14.9. The number of carbonyl (C=O) groups is 4. The molecular formula is C19H15I3N2O6. The molecule has 0 radical (unpaired) electrons. The fraction of sp³-hybridized carbons (Fsp3) is 0.158. The highest BCUT2D eigenvalue weighted by molar-refractivity contribution is 14.1. The number of hydrogen-bond acceptors (Lipinski definition) is 5. The van der Waals surface area contributed by atoms with E-state index >= 15 is 0 Å². The molecule has 0 bridgehead atoms. The SMILES string of the molecule is CC(=O)Nc1c(I)c(NC(C)=O)c(I)c(C(=O)OC(C(=O)O)c2ccccc2)c1I. The fourth-order valence-corrected chi connectivity index (χ4v) is 6.62. The smallest absolute Gasteiger partial charge is 0.349 e. The van der Waals surface area contributed by atoms with Gasteiger partial charge in [-0.15, -0.1) is 0 Å². The Hall–Kier alpha value is -1.49. The van der Waals surface area contributed by atoms with Crippen LogP contribution in [-0.2, 0) is 19.1 Å². The molecule has 0 spiro atoms. The van der Waals surface area contributed by atoms with Gasteiger partial charge in [-0.3, -0.25) is 9.59 Å². The molecule has 3 N–H and O–H groups in total. The molecule has 8 nitrogen and oxygen atoms in total. The van der Waals surface area contributed by atoms with E-state index in [0.717, 1.165) is 0 Å². The third kappa shape index (κ3) is 5.81. The van der Waals surface area contributed by atoms with Crippen LogP contribution in [0.15, 0.2) is 30.3 Å². The highest BCUT2D eigenvalue weighted by Crippen LogP contribution is 2.39. The first-order chi connectivity index (χ1) is 14.0. The Bertz CT molecular complexity index is 984. The number of aliphatic carboxylic acids is 1. The molecule has 158 valence electrons. The number of carbonyl (C=O) groups excluding carboxylic acids is 3. The zero-order chi connectivity index (χ0) is 22.6. The third-order valence-electron chi connectivity index (χ3n) is 3.67. The molecule has 30 heavy (non-hydrogen) atoms. The molecule has 1 unspecified atom stereocenters. The van der Waals surface area contributed by atoms with Crippen molar-refractivity contribution in [2.45, 2.75) is 20.0 Å². The predicted molar refractivity (Wildman–Crippen MR) is 135 cm³/mol. The van der Waals surface area contributed by atoms with Crippen molar-refractivity contribution in [2.75, 3.05) is 10.6 Å². The molecule has 2 amide bonds. The van der Waals surface area contributed by atoms with E-state index in [0.29, 0.717) is 27.6 Å². The van der Waals surface area contributed by atoms with E-state index in [-0.39, 0.29) is 17.4 Å². The zero-order valence-corrected chi connectivity index (χ0v) is 22.1. The molecule has 0 saturated heterocycles. The summed E-state index contributed by atoms with van der Waals surface area (Å²) in [6.07, 6.45) is -1.52. The van der Waals surface area contributed by atoms with E-state index in [9.17, 15) is 24.3 Å². The number of ether oxygens (including phenoxy) is 1. The van der Waals surface area contributed by atoms with Gasteiger partial charge in [0.05, 0.1) is 27.6 Å². The lowest BCUT2D eigenvalue weighted by Crippen LogP contribution is -2.23. The van der Waals surface area contributed by atoms with Crippen LogP contribution in [-0.4, -0.2) is 28.9 Å². The first-order valence-electron chi connectivity index (χ1n) is 8.28. The maximum atomic E-state index is 13.0. The Morgan fingerprint density at radius 1 is 0.867 bits per heavy atom. The van der Waals surface area contributed by atoms with Gasteiger partial charge in [0, 0.05) is 19.4 Å². The van der Waals surface area contributed by atoms with Crippen molar-refractivity contribution >= 4 is 103 Å². The lowest BCUT2D eigenvalue weighted by molar-refractivity contribution is -0.147. The van der Waals surface area contributed by atoms with Gasteiger partial charge >= 0.3 is 11.9 Å². The molecule has 0 aliphatic carbocycles. The maximum absolute atomic E-state index is 13.0. The highest BCUT2D eigenvalue weighted by Gasteiger charge is 2.31. The van der Waals surface area contributed by atoms with E-state index in [4.69, 9.17) is 4.74 Å². The van der Waals surface area contributed by atoms with Gasteiger partial charge in [0.25, 0.3) is 0 Å². The van der Waals surface area contributed by atoms with Crippen LogP contribution in [0.1, 0.15) is 35.9 Å². The molecule has 0 aliphatic rings. The first kappa shape index (κ1) is 24.8. The Labute approximate surface area is 212 Å². The number of esters is 1. The minimum Gasteiger partial charge on any atom is -0.478 e. The van der Waals surface area contributed by atoms with Crippen LogP contribution in [0.4, 0.5) is 11.4 Å². The number of carboxylic acid groups (broad SMARTS) is 1. The third-order valence-corrected chi connectivity index (χ3v) is 6.91. The van der Waals surface area contributed by atoms with Gasteiger partial charge in [-0.2, -0.15) is 0 Å². The van der Waals surface area contributed by atoms with Gasteiger partial charge in [0.2, 0.25) is 17.9 Å². The Balaban J connectivity index is 2.60. The van der Waals surface area contributed by atoms with Crippen LogP contribution in [0.2, 0.25) is 0 Å². The van der Waals surface area contributed by atoms with E-state index in [1.54, 1.807) is 30.3 Å². The number of benzene rings is 2. The lowest BCUT2D eigenvalue weighted by Gasteiger charge is -2.20. The van der Waals surface area contributed by atoms with Crippen molar-refractivity contribution in [3.63, 3.8) is 0 Å². The summed E-state index contributed by atoms with van der Waals surface area (Å²) in [6, 6.07) is 8.08. The quantitative estimate of drug-likeness (QED) is 0.298. The Kier molecular flexibility index (Phi) is 8.84. The molecule has 1 atom stereocenters. The van der Waals surface area contributed by atoms with Gasteiger partial charge in [-0.05, 0) is 67.8 Å². The van der Waals surface area contributed by atoms with Crippen LogP contribution in [0.3, 0.4) is 0 Å². The molecule has 0 aromatic heterocycles. The summed E-state index contributed by atoms with van der Waals surface area (Å²) in [5.74, 6) is -2.95. The summed E-state index contributed by atoms with van der Waals surface area (Å²) in [4.78, 5) is 48.1. The van der Waals surface area contributed by atoms with Crippen LogP contribution in [0.5, 0.6) is 0 Å². The van der Waals surface area contributed by atoms with Crippen LogP contribution in [0, 0.1) is 10.7 Å². The minimum absolute atomic E-state index is 0.0475. The Morgan fingerprint density at radius 3 is 1.73 bits per heavy atom. The van der Waals surface area contributed by atoms with Crippen LogP contribution in [0.25, 0.3) is 0 Å². The number of nitrogens with one attached hydrogen (secondary N) is 2. The van der Waals surface area contributed by atoms with Gasteiger partial charge in [0.1, 0.15) is 0 Å². The summed E-state index contributed by atoms with van der Waals surface area (Å²) >= 11 is 5.73. The minimum atomic E-state index is -1.52. The second-order valence-electron chi connectivity index (χ2n) is 5.96. The molecular weight excluding hydrogens is 733 g/mol. The van der Waals surface area contributed by atoms with Gasteiger partial charge in [-0.1, -0.05) is 30.3 Å². The largest absolute Gasteiger partial charge is 0.478 e. The molecule has 0 fully saturated rings. The summed E-state index contributed by atoms with van der Waals surface area (Å²) in [7, 11) is 0. The molecule has 0 heterocycles. The standard InChI is InChI=1S/C19H15I3N2O6/c1-8(25)23-15-12(20)11(13(21)16(14(15)22)24-9(2)26)19(29)30-17(18(27)28)10-6-4-3-5-7-10/h3-7,17H,1-2H3,(H,23,25)(H,24,26)(H,27,28). The van der Waals surface area contributed by atoms with E-state index in [1.807, 2.05) is 67.8 Å². The molecule has 0 saturated carbocycles. The van der Waals surface area contributed by atoms with Crippen molar-refractivity contribution in [1.82, 2.24) is 0 Å². The van der Waals surface area contributed by atoms with E-state index < -0.39 is 18.0 Å². The molecule has 2 rings (SSSR count). The summed E-state index contributed by atoms with van der Waals surface area (Å²) in [6.45, 7) is 2.63. The molecule has 0 aliphatic heterocycles. The summed E-state index contributed by atoms with van der Waals surface area (Å²) in [5.41, 5.74) is 1.00. The average Bonchev–Trinajstić information content (AvgIpc) is 2.67. The fourth-order valence-electron chi connectivity index (χ4n) is 2.47. The number of anilines is 2. The molecule has 2 aromatic carbocycles. The zero-order valence-electron chi connectivity index (χ0n) is 15.6. The predicted octanol–water partition coefficient (Wildman–Crippen LogP) is 4.40. The first-order valence-corrected chi connectivity index (χ1v) is 11.5. The molecule has 11 heteroatoms.